The Bertz CT molecular complexity index is 802. The van der Waals surface area contributed by atoms with Gasteiger partial charge >= 0.3 is 0 Å². The summed E-state index contributed by atoms with van der Waals surface area (Å²) < 4.78 is 0. The van der Waals surface area contributed by atoms with Crippen molar-refractivity contribution >= 4 is 11.9 Å². The molecule has 0 N–H and O–H groups in total. The maximum atomic E-state index is 13.5. The van der Waals surface area contributed by atoms with E-state index in [0.29, 0.717) is 17.1 Å². The van der Waals surface area contributed by atoms with Gasteiger partial charge in [-0.05, 0) is 98.2 Å². The van der Waals surface area contributed by atoms with Crippen molar-refractivity contribution in [1.82, 2.24) is 0 Å². The standard InChI is InChI=1S/C27H36O/c1-18-7-9-19(10-8-18)16-20-17-24-22-12-11-21-6-4-5-14-26(21,2)23(22)13-15-27(24,3)25(20)28/h7-10,16,21-24H,4-6,11-15,17H2,1-3H3/t21-,22+,23+,24-,26-,27-/m0/s1. The molecule has 0 unspecified atom stereocenters. The predicted octanol–water partition coefficient (Wildman–Crippen LogP) is 6.99. The molecule has 0 radical (unpaired) electrons. The highest BCUT2D eigenvalue weighted by atomic mass is 16.1. The first kappa shape index (κ1) is 18.6. The molecule has 0 bridgehead atoms. The van der Waals surface area contributed by atoms with Crippen LogP contribution in [0.5, 0.6) is 0 Å². The van der Waals surface area contributed by atoms with Crippen LogP contribution in [0.4, 0.5) is 0 Å². The third-order valence-corrected chi connectivity index (χ3v) is 9.64. The number of Topliss-reactive ketones (excluding diaryl/α,β-unsaturated/α-hetero) is 1. The average Bonchev–Trinajstić information content (AvgIpc) is 2.94. The number of carbonyl (C=O) groups is 1. The number of aryl methyl sites for hydroxylation is 1. The molecule has 4 fully saturated rings. The lowest BCUT2D eigenvalue weighted by atomic mass is 9.45. The first-order valence-corrected chi connectivity index (χ1v) is 11.7. The van der Waals surface area contributed by atoms with E-state index in [-0.39, 0.29) is 5.41 Å². The van der Waals surface area contributed by atoms with Crippen molar-refractivity contribution in [3.8, 4) is 0 Å². The largest absolute Gasteiger partial charge is 0.294 e. The summed E-state index contributed by atoms with van der Waals surface area (Å²) in [6, 6.07) is 8.64. The Kier molecular flexibility index (Phi) is 4.38. The summed E-state index contributed by atoms with van der Waals surface area (Å²) in [6.07, 6.45) is 14.2. The Morgan fingerprint density at radius 3 is 2.50 bits per heavy atom. The number of rotatable bonds is 1. The zero-order valence-corrected chi connectivity index (χ0v) is 18.0. The van der Waals surface area contributed by atoms with Crippen molar-refractivity contribution in [3.63, 3.8) is 0 Å². The summed E-state index contributed by atoms with van der Waals surface area (Å²) in [5, 5.41) is 0. The quantitative estimate of drug-likeness (QED) is 0.483. The predicted molar refractivity (Wildman–Crippen MR) is 116 cm³/mol. The number of ketones is 1. The van der Waals surface area contributed by atoms with E-state index in [2.05, 4.69) is 51.1 Å². The summed E-state index contributed by atoms with van der Waals surface area (Å²) >= 11 is 0. The van der Waals surface area contributed by atoms with Crippen LogP contribution in [-0.4, -0.2) is 5.78 Å². The van der Waals surface area contributed by atoms with E-state index < -0.39 is 0 Å². The van der Waals surface area contributed by atoms with Crippen LogP contribution in [0.25, 0.3) is 6.08 Å². The molecule has 150 valence electrons. The van der Waals surface area contributed by atoms with Gasteiger partial charge in [-0.1, -0.05) is 56.5 Å². The van der Waals surface area contributed by atoms with E-state index in [1.54, 1.807) is 0 Å². The molecular weight excluding hydrogens is 340 g/mol. The molecule has 0 heterocycles. The summed E-state index contributed by atoms with van der Waals surface area (Å²) in [5.74, 6) is 3.62. The number of benzene rings is 1. The summed E-state index contributed by atoms with van der Waals surface area (Å²) in [4.78, 5) is 13.5. The molecule has 4 saturated carbocycles. The van der Waals surface area contributed by atoms with E-state index in [9.17, 15) is 4.79 Å². The fraction of sp³-hybridized carbons (Fsp3) is 0.667. The Morgan fingerprint density at radius 1 is 0.929 bits per heavy atom. The molecule has 0 amide bonds. The van der Waals surface area contributed by atoms with E-state index in [4.69, 9.17) is 0 Å². The third-order valence-electron chi connectivity index (χ3n) is 9.64. The maximum Gasteiger partial charge on any atom is 0.165 e. The van der Waals surface area contributed by atoms with Crippen LogP contribution in [0.15, 0.2) is 29.8 Å². The fourth-order valence-electron chi connectivity index (χ4n) is 7.96. The monoisotopic (exact) mass is 376 g/mol. The zero-order valence-electron chi connectivity index (χ0n) is 18.0. The minimum Gasteiger partial charge on any atom is -0.294 e. The first-order valence-electron chi connectivity index (χ1n) is 11.7. The molecule has 4 aliphatic rings. The third kappa shape index (κ3) is 2.68. The molecule has 0 saturated heterocycles. The summed E-state index contributed by atoms with van der Waals surface area (Å²) in [6.45, 7) is 7.05. The summed E-state index contributed by atoms with van der Waals surface area (Å²) in [7, 11) is 0. The molecule has 1 aromatic rings. The lowest BCUT2D eigenvalue weighted by Gasteiger charge is -2.59. The SMILES string of the molecule is Cc1ccc(C=C2C[C@H]3[C@@H]4CC[C@@H]5CCCC[C@]5(C)[C@@H]4CC[C@]3(C)C2=O)cc1. The Labute approximate surface area is 171 Å². The van der Waals surface area contributed by atoms with Gasteiger partial charge in [-0.3, -0.25) is 4.79 Å². The topological polar surface area (TPSA) is 17.1 Å². The molecule has 1 nitrogen and oxygen atoms in total. The minimum absolute atomic E-state index is 0.102. The molecule has 5 rings (SSSR count). The molecular formula is C27H36O. The van der Waals surface area contributed by atoms with Gasteiger partial charge in [-0.2, -0.15) is 0 Å². The number of carbonyl (C=O) groups excluding carboxylic acids is 1. The van der Waals surface area contributed by atoms with Crippen LogP contribution in [0.2, 0.25) is 0 Å². The zero-order chi connectivity index (χ0) is 19.5. The van der Waals surface area contributed by atoms with E-state index in [1.807, 2.05) is 0 Å². The minimum atomic E-state index is -0.102. The lowest BCUT2D eigenvalue weighted by molar-refractivity contribution is -0.137. The molecule has 0 aliphatic heterocycles. The van der Waals surface area contributed by atoms with Crippen molar-refractivity contribution in [2.75, 3.05) is 0 Å². The van der Waals surface area contributed by atoms with Gasteiger partial charge in [0.15, 0.2) is 5.78 Å². The highest BCUT2D eigenvalue weighted by Gasteiger charge is 2.60. The second-order valence-corrected chi connectivity index (χ2v) is 11.0. The number of allylic oxidation sites excluding steroid dienone is 1. The Morgan fingerprint density at radius 2 is 1.71 bits per heavy atom. The number of hydrogen-bond donors (Lipinski definition) is 0. The fourth-order valence-corrected chi connectivity index (χ4v) is 7.96. The van der Waals surface area contributed by atoms with E-state index in [1.165, 1.54) is 56.1 Å². The van der Waals surface area contributed by atoms with Crippen LogP contribution in [0.3, 0.4) is 0 Å². The number of hydrogen-bond acceptors (Lipinski definition) is 1. The number of fused-ring (bicyclic) bond motifs is 5. The van der Waals surface area contributed by atoms with Gasteiger partial charge in [-0.15, -0.1) is 0 Å². The van der Waals surface area contributed by atoms with Crippen LogP contribution in [0, 0.1) is 41.4 Å². The highest BCUT2D eigenvalue weighted by Crippen LogP contribution is 2.66. The van der Waals surface area contributed by atoms with Crippen LogP contribution in [0.1, 0.15) is 82.8 Å². The van der Waals surface area contributed by atoms with Gasteiger partial charge in [0.1, 0.15) is 0 Å². The van der Waals surface area contributed by atoms with Crippen molar-refractivity contribution in [2.45, 2.75) is 78.6 Å². The van der Waals surface area contributed by atoms with Crippen LogP contribution < -0.4 is 0 Å². The molecule has 28 heavy (non-hydrogen) atoms. The van der Waals surface area contributed by atoms with Crippen molar-refractivity contribution < 1.29 is 4.79 Å². The molecule has 0 spiro atoms. The summed E-state index contributed by atoms with van der Waals surface area (Å²) in [5.41, 5.74) is 4.02. The van der Waals surface area contributed by atoms with Gasteiger partial charge in [0, 0.05) is 5.41 Å². The molecule has 1 heteroatoms. The van der Waals surface area contributed by atoms with E-state index in [0.717, 1.165) is 36.2 Å². The average molecular weight is 377 g/mol. The molecule has 0 aromatic heterocycles. The first-order chi connectivity index (χ1) is 13.4. The smallest absolute Gasteiger partial charge is 0.165 e. The van der Waals surface area contributed by atoms with Gasteiger partial charge in [0.25, 0.3) is 0 Å². The van der Waals surface area contributed by atoms with Gasteiger partial charge in [-0.25, -0.2) is 0 Å². The molecule has 4 aliphatic carbocycles. The molecule has 6 atom stereocenters. The van der Waals surface area contributed by atoms with Crippen molar-refractivity contribution in [2.24, 2.45) is 34.5 Å². The van der Waals surface area contributed by atoms with Crippen molar-refractivity contribution in [1.29, 1.82) is 0 Å². The van der Waals surface area contributed by atoms with Crippen molar-refractivity contribution in [3.05, 3.63) is 41.0 Å². The highest BCUT2D eigenvalue weighted by molar-refractivity contribution is 6.05. The maximum absolute atomic E-state index is 13.5. The second-order valence-electron chi connectivity index (χ2n) is 11.0. The lowest BCUT2D eigenvalue weighted by Crippen LogP contribution is -2.52. The van der Waals surface area contributed by atoms with E-state index >= 15 is 0 Å². The van der Waals surface area contributed by atoms with Gasteiger partial charge in [0.2, 0.25) is 0 Å². The van der Waals surface area contributed by atoms with Crippen LogP contribution >= 0.6 is 0 Å². The Hall–Kier alpha value is -1.37. The Balaban J connectivity index is 1.45. The normalized spacial score (nSPS) is 44.1. The molecule has 1 aromatic carbocycles. The van der Waals surface area contributed by atoms with Gasteiger partial charge in [0.05, 0.1) is 0 Å². The van der Waals surface area contributed by atoms with Crippen LogP contribution in [-0.2, 0) is 4.79 Å². The van der Waals surface area contributed by atoms with Gasteiger partial charge < -0.3 is 0 Å². The second kappa shape index (κ2) is 6.57.